The quantitative estimate of drug-likeness (QED) is 0.699. The Morgan fingerprint density at radius 3 is 2.59 bits per heavy atom. The Morgan fingerprint density at radius 2 is 2.06 bits per heavy atom. The highest BCUT2D eigenvalue weighted by Gasteiger charge is 2.10. The van der Waals surface area contributed by atoms with Gasteiger partial charge in [0.2, 0.25) is 5.91 Å². The number of aliphatic hydroxyl groups is 1. The molecule has 1 atom stereocenters. The molecule has 4 nitrogen and oxygen atoms in total. The fraction of sp³-hybridized carbons (Fsp3) is 0.417. The summed E-state index contributed by atoms with van der Waals surface area (Å²) < 4.78 is 0. The minimum Gasteiger partial charge on any atom is -0.392 e. The number of carbonyl (C=O) groups is 1. The monoisotopic (exact) mass is 256 g/mol. The number of halogens is 1. The molecule has 0 fully saturated rings. The third kappa shape index (κ3) is 4.00. The second kappa shape index (κ2) is 6.59. The zero-order valence-corrected chi connectivity index (χ0v) is 10.7. The second-order valence-corrected chi connectivity index (χ2v) is 4.10. The number of amides is 1. The molecule has 0 radical (unpaired) electrons. The number of anilines is 1. The van der Waals surface area contributed by atoms with E-state index in [-0.39, 0.29) is 18.6 Å². The van der Waals surface area contributed by atoms with E-state index in [1.54, 1.807) is 26.1 Å². The SMILES string of the molecule is CN[C@@H](C)C(=O)Nc1cc(CO)cc(CCl)c1. The fourth-order valence-electron chi connectivity index (χ4n) is 1.38. The Labute approximate surface area is 106 Å². The van der Waals surface area contributed by atoms with E-state index in [0.29, 0.717) is 11.6 Å². The first-order valence-corrected chi connectivity index (χ1v) is 5.92. The summed E-state index contributed by atoms with van der Waals surface area (Å²) in [4.78, 5) is 11.7. The van der Waals surface area contributed by atoms with Crippen LogP contribution in [-0.2, 0) is 17.3 Å². The van der Waals surface area contributed by atoms with E-state index >= 15 is 0 Å². The number of nitrogens with one attached hydrogen (secondary N) is 2. The molecule has 5 heteroatoms. The molecule has 0 aliphatic heterocycles. The highest BCUT2D eigenvalue weighted by molar-refractivity contribution is 6.17. The van der Waals surface area contributed by atoms with Crippen LogP contribution >= 0.6 is 11.6 Å². The summed E-state index contributed by atoms with van der Waals surface area (Å²) in [6.45, 7) is 1.70. The molecule has 0 aliphatic rings. The normalized spacial score (nSPS) is 12.2. The van der Waals surface area contributed by atoms with Crippen molar-refractivity contribution >= 4 is 23.2 Å². The van der Waals surface area contributed by atoms with Gasteiger partial charge in [0, 0.05) is 11.6 Å². The van der Waals surface area contributed by atoms with Crippen molar-refractivity contribution in [2.24, 2.45) is 0 Å². The van der Waals surface area contributed by atoms with Crippen molar-refractivity contribution in [3.63, 3.8) is 0 Å². The first kappa shape index (κ1) is 14.0. The van der Waals surface area contributed by atoms with Gasteiger partial charge in [-0.3, -0.25) is 4.79 Å². The van der Waals surface area contributed by atoms with Crippen LogP contribution in [0.3, 0.4) is 0 Å². The average molecular weight is 257 g/mol. The Balaban J connectivity index is 2.86. The summed E-state index contributed by atoms with van der Waals surface area (Å²) in [7, 11) is 1.72. The molecule has 0 unspecified atom stereocenters. The van der Waals surface area contributed by atoms with E-state index in [1.165, 1.54) is 0 Å². The lowest BCUT2D eigenvalue weighted by Crippen LogP contribution is -2.35. The van der Waals surface area contributed by atoms with Gasteiger partial charge in [-0.05, 0) is 37.2 Å². The minimum atomic E-state index is -0.271. The van der Waals surface area contributed by atoms with Gasteiger partial charge >= 0.3 is 0 Å². The largest absolute Gasteiger partial charge is 0.392 e. The third-order valence-corrected chi connectivity index (χ3v) is 2.79. The van der Waals surface area contributed by atoms with Gasteiger partial charge in [0.25, 0.3) is 0 Å². The Morgan fingerprint density at radius 1 is 1.41 bits per heavy atom. The molecule has 0 spiro atoms. The van der Waals surface area contributed by atoms with Gasteiger partial charge in [0.1, 0.15) is 0 Å². The molecule has 0 saturated carbocycles. The number of rotatable bonds is 5. The summed E-state index contributed by atoms with van der Waals surface area (Å²) in [5.74, 6) is 0.223. The van der Waals surface area contributed by atoms with Crippen LogP contribution < -0.4 is 10.6 Å². The predicted molar refractivity (Wildman–Crippen MR) is 69.1 cm³/mol. The van der Waals surface area contributed by atoms with Crippen molar-refractivity contribution < 1.29 is 9.90 Å². The van der Waals surface area contributed by atoms with Gasteiger partial charge in [-0.2, -0.15) is 0 Å². The molecule has 17 heavy (non-hydrogen) atoms. The number of benzene rings is 1. The standard InChI is InChI=1S/C12H17ClN2O2/c1-8(14-2)12(17)15-11-4-9(6-13)3-10(5-11)7-16/h3-5,8,14,16H,6-7H2,1-2H3,(H,15,17)/t8-/m0/s1. The molecule has 0 heterocycles. The van der Waals surface area contributed by atoms with Crippen LogP contribution in [-0.4, -0.2) is 24.1 Å². The van der Waals surface area contributed by atoms with Crippen molar-refractivity contribution in [2.45, 2.75) is 25.5 Å². The van der Waals surface area contributed by atoms with Crippen molar-refractivity contribution in [1.29, 1.82) is 0 Å². The lowest BCUT2D eigenvalue weighted by Gasteiger charge is -2.12. The van der Waals surface area contributed by atoms with E-state index in [4.69, 9.17) is 16.7 Å². The second-order valence-electron chi connectivity index (χ2n) is 3.83. The van der Waals surface area contributed by atoms with Crippen LogP contribution in [0.25, 0.3) is 0 Å². The Bertz CT molecular complexity index is 374. The fourth-order valence-corrected chi connectivity index (χ4v) is 1.54. The molecule has 0 bridgehead atoms. The zero-order chi connectivity index (χ0) is 12.8. The summed E-state index contributed by atoms with van der Waals surface area (Å²) in [5, 5.41) is 14.7. The number of aliphatic hydroxyl groups excluding tert-OH is 1. The number of hydrogen-bond donors (Lipinski definition) is 3. The molecule has 3 N–H and O–H groups in total. The summed E-state index contributed by atoms with van der Waals surface area (Å²) in [6.07, 6.45) is 0. The topological polar surface area (TPSA) is 61.4 Å². The van der Waals surface area contributed by atoms with E-state index in [1.807, 2.05) is 6.07 Å². The number of alkyl halides is 1. The number of carbonyl (C=O) groups excluding carboxylic acids is 1. The molecule has 0 aliphatic carbocycles. The molecule has 94 valence electrons. The number of likely N-dealkylation sites (N-methyl/N-ethyl adjacent to an activating group) is 1. The van der Waals surface area contributed by atoms with Crippen molar-refractivity contribution in [3.05, 3.63) is 29.3 Å². The number of hydrogen-bond acceptors (Lipinski definition) is 3. The lowest BCUT2D eigenvalue weighted by molar-refractivity contribution is -0.117. The molecule has 1 rings (SSSR count). The molecule has 0 saturated heterocycles. The van der Waals surface area contributed by atoms with Crippen LogP contribution in [0.5, 0.6) is 0 Å². The zero-order valence-electron chi connectivity index (χ0n) is 9.96. The summed E-state index contributed by atoms with van der Waals surface area (Å²) >= 11 is 5.75. The van der Waals surface area contributed by atoms with Crippen LogP contribution in [0.2, 0.25) is 0 Å². The van der Waals surface area contributed by atoms with Crippen LogP contribution in [0.15, 0.2) is 18.2 Å². The molecular formula is C12H17ClN2O2. The predicted octanol–water partition coefficient (Wildman–Crippen LogP) is 1.46. The van der Waals surface area contributed by atoms with Gasteiger partial charge in [-0.25, -0.2) is 0 Å². The first-order chi connectivity index (χ1) is 8.10. The van der Waals surface area contributed by atoms with Crippen LogP contribution in [0.1, 0.15) is 18.1 Å². The molecular weight excluding hydrogens is 240 g/mol. The molecule has 0 aromatic heterocycles. The molecule has 1 aromatic rings. The minimum absolute atomic E-state index is 0.0742. The Kier molecular flexibility index (Phi) is 5.41. The van der Waals surface area contributed by atoms with E-state index < -0.39 is 0 Å². The maximum atomic E-state index is 11.7. The highest BCUT2D eigenvalue weighted by Crippen LogP contribution is 2.17. The maximum Gasteiger partial charge on any atom is 0.241 e. The van der Waals surface area contributed by atoms with Crippen molar-refractivity contribution in [3.8, 4) is 0 Å². The van der Waals surface area contributed by atoms with Gasteiger partial charge in [0.15, 0.2) is 0 Å². The maximum absolute atomic E-state index is 11.7. The summed E-state index contributed by atoms with van der Waals surface area (Å²) in [6, 6.07) is 5.07. The van der Waals surface area contributed by atoms with Crippen LogP contribution in [0.4, 0.5) is 5.69 Å². The summed E-state index contributed by atoms with van der Waals surface area (Å²) in [5.41, 5.74) is 2.25. The third-order valence-electron chi connectivity index (χ3n) is 2.48. The molecule has 1 aromatic carbocycles. The van der Waals surface area contributed by atoms with E-state index in [0.717, 1.165) is 11.1 Å². The van der Waals surface area contributed by atoms with Gasteiger partial charge < -0.3 is 15.7 Å². The van der Waals surface area contributed by atoms with Crippen molar-refractivity contribution in [1.82, 2.24) is 5.32 Å². The van der Waals surface area contributed by atoms with Gasteiger partial charge in [-0.15, -0.1) is 11.6 Å². The van der Waals surface area contributed by atoms with Crippen molar-refractivity contribution in [2.75, 3.05) is 12.4 Å². The first-order valence-electron chi connectivity index (χ1n) is 5.38. The highest BCUT2D eigenvalue weighted by atomic mass is 35.5. The average Bonchev–Trinajstić information content (AvgIpc) is 2.36. The van der Waals surface area contributed by atoms with Gasteiger partial charge in [0.05, 0.1) is 12.6 Å². The van der Waals surface area contributed by atoms with Crippen LogP contribution in [0, 0.1) is 0 Å². The van der Waals surface area contributed by atoms with E-state index in [2.05, 4.69) is 10.6 Å². The Hall–Kier alpha value is -1.10. The van der Waals surface area contributed by atoms with Gasteiger partial charge in [-0.1, -0.05) is 6.07 Å². The lowest BCUT2D eigenvalue weighted by atomic mass is 10.1. The molecule has 1 amide bonds. The van der Waals surface area contributed by atoms with E-state index in [9.17, 15) is 4.79 Å². The smallest absolute Gasteiger partial charge is 0.241 e.